The fraction of sp³-hybridized carbons (Fsp3) is 0.235. The minimum Gasteiger partial charge on any atom is -0.327 e. The summed E-state index contributed by atoms with van der Waals surface area (Å²) in [6, 6.07) is 11.6. The molecular weight excluding hydrogens is 312 g/mol. The molecular formula is C17H17ClN4O. The van der Waals surface area contributed by atoms with Crippen LogP contribution in [0.3, 0.4) is 0 Å². The number of benzene rings is 2. The first-order chi connectivity index (χ1) is 11.2. The molecule has 0 saturated carbocycles. The second-order valence-electron chi connectivity index (χ2n) is 5.34. The molecule has 5 nitrogen and oxygen atoms in total. The summed E-state index contributed by atoms with van der Waals surface area (Å²) in [6.45, 7) is 2.19. The Hall–Kier alpha value is -2.40. The number of aromatic nitrogens is 3. The van der Waals surface area contributed by atoms with Crippen LogP contribution in [-0.2, 0) is 11.2 Å². The molecule has 0 unspecified atom stereocenters. The van der Waals surface area contributed by atoms with E-state index < -0.39 is 0 Å². The van der Waals surface area contributed by atoms with Gasteiger partial charge in [0.2, 0.25) is 6.41 Å². The summed E-state index contributed by atoms with van der Waals surface area (Å²) in [5.41, 5.74) is 4.08. The Morgan fingerprint density at radius 3 is 2.52 bits per heavy atom. The summed E-state index contributed by atoms with van der Waals surface area (Å²) >= 11 is 6.11. The zero-order chi connectivity index (χ0) is 16.2. The maximum Gasteiger partial charge on any atom is 0.211 e. The lowest BCUT2D eigenvalue weighted by atomic mass is 10.1. The molecule has 0 spiro atoms. The number of amides is 1. The van der Waals surface area contributed by atoms with Gasteiger partial charge in [0.05, 0.1) is 16.4 Å². The summed E-state index contributed by atoms with van der Waals surface area (Å²) in [7, 11) is 0. The molecule has 2 aromatic carbocycles. The zero-order valence-corrected chi connectivity index (χ0v) is 13.5. The van der Waals surface area contributed by atoms with Crippen LogP contribution in [0, 0.1) is 0 Å². The lowest BCUT2D eigenvalue weighted by Gasteiger charge is -2.02. The Balaban J connectivity index is 1.92. The molecule has 0 fully saturated rings. The fourth-order valence-corrected chi connectivity index (χ4v) is 2.62. The molecule has 0 aliphatic carbocycles. The van der Waals surface area contributed by atoms with Crippen molar-refractivity contribution in [3.63, 3.8) is 0 Å². The third kappa shape index (κ3) is 3.35. The number of nitrogens with zero attached hydrogens (tertiary/aromatic N) is 3. The summed E-state index contributed by atoms with van der Waals surface area (Å²) in [5, 5.41) is 11.9. The predicted octanol–water partition coefficient (Wildman–Crippen LogP) is 3.98. The highest BCUT2D eigenvalue weighted by molar-refractivity contribution is 6.34. The van der Waals surface area contributed by atoms with Gasteiger partial charge in [-0.3, -0.25) is 4.79 Å². The topological polar surface area (TPSA) is 59.8 Å². The summed E-state index contributed by atoms with van der Waals surface area (Å²) in [4.78, 5) is 12.2. The Bertz CT molecular complexity index is 826. The van der Waals surface area contributed by atoms with Gasteiger partial charge in [-0.2, -0.15) is 4.80 Å². The lowest BCUT2D eigenvalue weighted by molar-refractivity contribution is -0.105. The number of rotatable bonds is 6. The molecule has 0 saturated heterocycles. The monoisotopic (exact) mass is 328 g/mol. The lowest BCUT2D eigenvalue weighted by Crippen LogP contribution is -1.98. The summed E-state index contributed by atoms with van der Waals surface area (Å²) in [6.07, 6.45) is 4.05. The van der Waals surface area contributed by atoms with E-state index in [-0.39, 0.29) is 0 Å². The SMILES string of the molecule is CCCCc1ccc(-n2nc3cc(Cl)c(NC=O)cc3n2)cc1. The first-order valence-corrected chi connectivity index (χ1v) is 7.95. The number of aryl methyl sites for hydroxylation is 1. The van der Waals surface area contributed by atoms with Crippen molar-refractivity contribution < 1.29 is 4.79 Å². The van der Waals surface area contributed by atoms with Crippen LogP contribution < -0.4 is 5.32 Å². The first-order valence-electron chi connectivity index (χ1n) is 7.57. The van der Waals surface area contributed by atoms with E-state index in [1.54, 1.807) is 16.9 Å². The van der Waals surface area contributed by atoms with Gasteiger partial charge in [0.25, 0.3) is 0 Å². The number of carbonyl (C=O) groups excluding carboxylic acids is 1. The molecule has 1 heterocycles. The fourth-order valence-electron chi connectivity index (χ4n) is 2.40. The van der Waals surface area contributed by atoms with Gasteiger partial charge in [-0.05, 0) is 42.7 Å². The zero-order valence-electron chi connectivity index (χ0n) is 12.8. The van der Waals surface area contributed by atoms with Crippen LogP contribution in [0.5, 0.6) is 0 Å². The molecule has 3 rings (SSSR count). The molecule has 23 heavy (non-hydrogen) atoms. The van der Waals surface area contributed by atoms with Gasteiger partial charge in [-0.15, -0.1) is 10.2 Å². The van der Waals surface area contributed by atoms with Crippen LogP contribution >= 0.6 is 11.6 Å². The molecule has 0 bridgehead atoms. The molecule has 3 aromatic rings. The highest BCUT2D eigenvalue weighted by Gasteiger charge is 2.09. The Kier molecular flexibility index (Phi) is 4.57. The molecule has 0 aliphatic rings. The van der Waals surface area contributed by atoms with Gasteiger partial charge in [0.1, 0.15) is 11.0 Å². The van der Waals surface area contributed by atoms with Crippen LogP contribution in [0.2, 0.25) is 5.02 Å². The van der Waals surface area contributed by atoms with E-state index in [1.807, 2.05) is 12.1 Å². The first kappa shape index (κ1) is 15.5. The van der Waals surface area contributed by atoms with E-state index >= 15 is 0 Å². The maximum absolute atomic E-state index is 10.6. The van der Waals surface area contributed by atoms with Crippen LogP contribution in [-0.4, -0.2) is 21.4 Å². The maximum atomic E-state index is 10.6. The molecule has 1 N–H and O–H groups in total. The van der Waals surface area contributed by atoms with Crippen molar-refractivity contribution >= 4 is 34.7 Å². The highest BCUT2D eigenvalue weighted by Crippen LogP contribution is 2.26. The average Bonchev–Trinajstić information content (AvgIpc) is 2.96. The number of hydrogen-bond acceptors (Lipinski definition) is 3. The minimum atomic E-state index is 0.437. The van der Waals surface area contributed by atoms with Crippen molar-refractivity contribution in [2.75, 3.05) is 5.32 Å². The van der Waals surface area contributed by atoms with E-state index in [1.165, 1.54) is 18.4 Å². The van der Waals surface area contributed by atoms with Crippen LogP contribution in [0.1, 0.15) is 25.3 Å². The van der Waals surface area contributed by atoms with Crippen molar-refractivity contribution in [3.05, 3.63) is 47.0 Å². The molecule has 0 atom stereocenters. The molecule has 0 aliphatic heterocycles. The van der Waals surface area contributed by atoms with Crippen LogP contribution in [0.15, 0.2) is 36.4 Å². The Labute approximate surface area is 139 Å². The molecule has 0 radical (unpaired) electrons. The number of hydrogen-bond donors (Lipinski definition) is 1. The second-order valence-corrected chi connectivity index (χ2v) is 5.75. The van der Waals surface area contributed by atoms with E-state index in [9.17, 15) is 4.79 Å². The Morgan fingerprint density at radius 2 is 1.87 bits per heavy atom. The van der Waals surface area contributed by atoms with Crippen molar-refractivity contribution in [1.82, 2.24) is 15.0 Å². The van der Waals surface area contributed by atoms with Gasteiger partial charge in [0.15, 0.2) is 0 Å². The number of nitrogens with one attached hydrogen (secondary N) is 1. The minimum absolute atomic E-state index is 0.437. The quantitative estimate of drug-likeness (QED) is 0.696. The highest BCUT2D eigenvalue weighted by atomic mass is 35.5. The van der Waals surface area contributed by atoms with Crippen molar-refractivity contribution in [2.24, 2.45) is 0 Å². The molecule has 6 heteroatoms. The van der Waals surface area contributed by atoms with Gasteiger partial charge in [-0.25, -0.2) is 0 Å². The summed E-state index contributed by atoms with van der Waals surface area (Å²) in [5.74, 6) is 0. The average molecular weight is 329 g/mol. The van der Waals surface area contributed by atoms with Crippen molar-refractivity contribution in [1.29, 1.82) is 0 Å². The van der Waals surface area contributed by atoms with Gasteiger partial charge >= 0.3 is 0 Å². The van der Waals surface area contributed by atoms with Gasteiger partial charge in [-0.1, -0.05) is 37.1 Å². The van der Waals surface area contributed by atoms with Crippen molar-refractivity contribution in [3.8, 4) is 5.69 Å². The standard InChI is InChI=1S/C17H17ClN4O/c1-2-3-4-12-5-7-13(8-6-12)22-20-16-9-14(18)15(19-11-23)10-17(16)21-22/h5-11H,2-4H2,1H3,(H,19,23). The molecule has 1 amide bonds. The normalized spacial score (nSPS) is 10.9. The van der Waals surface area contributed by atoms with E-state index in [0.29, 0.717) is 28.2 Å². The third-order valence-electron chi connectivity index (χ3n) is 3.67. The van der Waals surface area contributed by atoms with Gasteiger partial charge < -0.3 is 5.32 Å². The van der Waals surface area contributed by atoms with Crippen LogP contribution in [0.25, 0.3) is 16.7 Å². The van der Waals surface area contributed by atoms with Gasteiger partial charge in [0, 0.05) is 0 Å². The number of fused-ring (bicyclic) bond motifs is 1. The number of unbranched alkanes of at least 4 members (excludes halogenated alkanes) is 1. The molecule has 118 valence electrons. The van der Waals surface area contributed by atoms with E-state index in [4.69, 9.17) is 11.6 Å². The number of carbonyl (C=O) groups is 1. The Morgan fingerprint density at radius 1 is 1.17 bits per heavy atom. The van der Waals surface area contributed by atoms with Crippen LogP contribution in [0.4, 0.5) is 5.69 Å². The number of anilines is 1. The molecule has 1 aromatic heterocycles. The third-order valence-corrected chi connectivity index (χ3v) is 3.98. The second kappa shape index (κ2) is 6.79. The van der Waals surface area contributed by atoms with E-state index in [0.717, 1.165) is 12.1 Å². The van der Waals surface area contributed by atoms with E-state index in [2.05, 4.69) is 34.6 Å². The largest absolute Gasteiger partial charge is 0.327 e. The number of halogens is 1. The van der Waals surface area contributed by atoms with Crippen molar-refractivity contribution in [2.45, 2.75) is 26.2 Å². The predicted molar refractivity (Wildman–Crippen MR) is 92.2 cm³/mol. The summed E-state index contributed by atoms with van der Waals surface area (Å²) < 4.78 is 0. The smallest absolute Gasteiger partial charge is 0.211 e.